The number of ether oxygens (including phenoxy) is 2. The molecule has 0 spiro atoms. The van der Waals surface area contributed by atoms with Crippen LogP contribution in [0.5, 0.6) is 5.75 Å². The number of nitrogens with one attached hydrogen (secondary N) is 1. The van der Waals surface area contributed by atoms with E-state index in [1.54, 1.807) is 12.3 Å². The van der Waals surface area contributed by atoms with Crippen molar-refractivity contribution in [3.05, 3.63) is 41.6 Å². The van der Waals surface area contributed by atoms with Gasteiger partial charge in [0.25, 0.3) is 10.0 Å². The molecular formula is C16H18ClN3O4S. The number of rotatable bonds is 5. The molecule has 9 heteroatoms. The van der Waals surface area contributed by atoms with E-state index in [1.165, 1.54) is 25.3 Å². The smallest absolute Gasteiger partial charge is 0.263 e. The molecule has 0 saturated carbocycles. The molecule has 1 aliphatic rings. The summed E-state index contributed by atoms with van der Waals surface area (Å²) in [4.78, 5) is 6.37. The Labute approximate surface area is 151 Å². The summed E-state index contributed by atoms with van der Waals surface area (Å²) >= 11 is 6.00. The summed E-state index contributed by atoms with van der Waals surface area (Å²) in [6.07, 6.45) is 1.64. The van der Waals surface area contributed by atoms with Crippen LogP contribution in [-0.2, 0) is 14.8 Å². The minimum absolute atomic E-state index is 0.0392. The molecule has 7 nitrogen and oxygen atoms in total. The highest BCUT2D eigenvalue weighted by atomic mass is 35.5. The second kappa shape index (κ2) is 7.47. The molecule has 2 heterocycles. The number of hydrogen-bond donors (Lipinski definition) is 1. The van der Waals surface area contributed by atoms with Gasteiger partial charge in [-0.2, -0.15) is 0 Å². The summed E-state index contributed by atoms with van der Waals surface area (Å²) in [5.41, 5.74) is 0.929. The fourth-order valence-corrected chi connectivity index (χ4v) is 3.82. The lowest BCUT2D eigenvalue weighted by Gasteiger charge is -2.28. The molecule has 0 aliphatic carbocycles. The second-order valence-corrected chi connectivity index (χ2v) is 7.49. The summed E-state index contributed by atoms with van der Waals surface area (Å²) in [5, 5.41) is 0.223. The van der Waals surface area contributed by atoms with Crippen molar-refractivity contribution in [2.75, 3.05) is 43.0 Å². The van der Waals surface area contributed by atoms with Crippen LogP contribution in [0.15, 0.2) is 41.4 Å². The summed E-state index contributed by atoms with van der Waals surface area (Å²) in [6, 6.07) is 7.73. The highest BCUT2D eigenvalue weighted by molar-refractivity contribution is 7.92. The van der Waals surface area contributed by atoms with Crippen molar-refractivity contribution in [1.82, 2.24) is 4.98 Å². The van der Waals surface area contributed by atoms with E-state index in [-0.39, 0.29) is 15.7 Å². The zero-order valence-electron chi connectivity index (χ0n) is 13.6. The number of anilines is 2. The van der Waals surface area contributed by atoms with Gasteiger partial charge in [0.1, 0.15) is 11.6 Å². The molecule has 25 heavy (non-hydrogen) atoms. The molecule has 0 unspecified atom stereocenters. The van der Waals surface area contributed by atoms with E-state index in [4.69, 9.17) is 21.1 Å². The summed E-state index contributed by atoms with van der Waals surface area (Å²) in [6.45, 7) is 2.92. The molecule has 0 radical (unpaired) electrons. The number of hydrogen-bond acceptors (Lipinski definition) is 6. The zero-order valence-corrected chi connectivity index (χ0v) is 15.2. The van der Waals surface area contributed by atoms with E-state index in [2.05, 4.69) is 14.6 Å². The van der Waals surface area contributed by atoms with Crippen LogP contribution in [0, 0.1) is 0 Å². The molecule has 1 saturated heterocycles. The minimum Gasteiger partial charge on any atom is -0.495 e. The molecule has 2 aromatic rings. The number of methoxy groups -OCH3 is 1. The van der Waals surface area contributed by atoms with Crippen molar-refractivity contribution >= 4 is 33.1 Å². The van der Waals surface area contributed by atoms with Crippen LogP contribution in [0.2, 0.25) is 5.02 Å². The summed E-state index contributed by atoms with van der Waals surface area (Å²) in [7, 11) is -2.32. The zero-order chi connectivity index (χ0) is 17.9. The van der Waals surface area contributed by atoms with E-state index in [0.29, 0.717) is 19.0 Å². The Morgan fingerprint density at radius 3 is 2.60 bits per heavy atom. The second-order valence-electron chi connectivity index (χ2n) is 5.40. The summed E-state index contributed by atoms with van der Waals surface area (Å²) < 4.78 is 37.7. The van der Waals surface area contributed by atoms with Crippen molar-refractivity contribution < 1.29 is 17.9 Å². The number of pyridine rings is 1. The van der Waals surface area contributed by atoms with Crippen molar-refractivity contribution in [2.45, 2.75) is 4.90 Å². The lowest BCUT2D eigenvalue weighted by atomic mass is 10.3. The van der Waals surface area contributed by atoms with Crippen LogP contribution >= 0.6 is 11.6 Å². The first-order valence-electron chi connectivity index (χ1n) is 7.65. The molecule has 1 aromatic heterocycles. The van der Waals surface area contributed by atoms with Crippen molar-refractivity contribution in [3.8, 4) is 5.75 Å². The van der Waals surface area contributed by atoms with Crippen LogP contribution in [-0.4, -0.2) is 46.8 Å². The van der Waals surface area contributed by atoms with Gasteiger partial charge in [-0.15, -0.1) is 0 Å². The minimum atomic E-state index is -3.78. The number of morpholine rings is 1. The molecule has 0 atom stereocenters. The number of benzene rings is 1. The lowest BCUT2D eigenvalue weighted by Crippen LogP contribution is -2.36. The third-order valence-electron chi connectivity index (χ3n) is 3.80. The van der Waals surface area contributed by atoms with Crippen molar-refractivity contribution in [3.63, 3.8) is 0 Å². The third kappa shape index (κ3) is 4.15. The average Bonchev–Trinajstić information content (AvgIpc) is 2.62. The van der Waals surface area contributed by atoms with Gasteiger partial charge in [-0.3, -0.25) is 4.72 Å². The Bertz CT molecular complexity index is 837. The maximum Gasteiger partial charge on any atom is 0.263 e. The van der Waals surface area contributed by atoms with E-state index in [9.17, 15) is 8.42 Å². The molecule has 1 aliphatic heterocycles. The molecule has 134 valence electrons. The van der Waals surface area contributed by atoms with Crippen LogP contribution in [0.3, 0.4) is 0 Å². The molecule has 0 bridgehead atoms. The third-order valence-corrected chi connectivity index (χ3v) is 5.44. The van der Waals surface area contributed by atoms with Crippen molar-refractivity contribution in [2.24, 2.45) is 0 Å². The first-order valence-corrected chi connectivity index (χ1v) is 9.51. The molecule has 0 amide bonds. The fraction of sp³-hybridized carbons (Fsp3) is 0.312. The van der Waals surface area contributed by atoms with Gasteiger partial charge in [0.15, 0.2) is 0 Å². The number of nitrogens with zero attached hydrogens (tertiary/aromatic N) is 2. The molecule has 3 rings (SSSR count). The highest BCUT2D eigenvalue weighted by Crippen LogP contribution is 2.28. The van der Waals surface area contributed by atoms with Gasteiger partial charge in [0.2, 0.25) is 0 Å². The quantitative estimate of drug-likeness (QED) is 0.853. The van der Waals surface area contributed by atoms with E-state index < -0.39 is 10.0 Å². The number of sulfonamides is 1. The molecule has 1 aromatic carbocycles. The Morgan fingerprint density at radius 1 is 1.24 bits per heavy atom. The standard InChI is InChI=1S/C16H18ClN3O4S/c1-23-15-4-3-13(10-14(15)17)25(21,22)19-16-5-2-12(11-18-16)20-6-8-24-9-7-20/h2-5,10-11H,6-9H2,1H3,(H,18,19). The largest absolute Gasteiger partial charge is 0.495 e. The average molecular weight is 384 g/mol. The maximum atomic E-state index is 12.5. The SMILES string of the molecule is COc1ccc(S(=O)(=O)Nc2ccc(N3CCOCC3)cn2)cc1Cl. The monoisotopic (exact) mass is 383 g/mol. The predicted molar refractivity (Wildman–Crippen MR) is 96.1 cm³/mol. The molecule has 1 N–H and O–H groups in total. The van der Waals surface area contributed by atoms with Gasteiger partial charge >= 0.3 is 0 Å². The van der Waals surface area contributed by atoms with Crippen LogP contribution in [0.25, 0.3) is 0 Å². The lowest BCUT2D eigenvalue weighted by molar-refractivity contribution is 0.122. The Morgan fingerprint density at radius 2 is 2.00 bits per heavy atom. The first-order chi connectivity index (χ1) is 12.0. The molecular weight excluding hydrogens is 366 g/mol. The van der Waals surface area contributed by atoms with Gasteiger partial charge in [-0.25, -0.2) is 13.4 Å². The van der Waals surface area contributed by atoms with Gasteiger partial charge in [-0.05, 0) is 30.3 Å². The maximum absolute atomic E-state index is 12.5. The Balaban J connectivity index is 1.75. The molecule has 1 fully saturated rings. The number of halogens is 1. The van der Waals surface area contributed by atoms with E-state index in [1.807, 2.05) is 6.07 Å². The van der Waals surface area contributed by atoms with Crippen LogP contribution < -0.4 is 14.4 Å². The fourth-order valence-electron chi connectivity index (χ4n) is 2.47. The van der Waals surface area contributed by atoms with Gasteiger partial charge in [-0.1, -0.05) is 11.6 Å². The van der Waals surface area contributed by atoms with E-state index >= 15 is 0 Å². The van der Waals surface area contributed by atoms with E-state index in [0.717, 1.165) is 18.8 Å². The van der Waals surface area contributed by atoms with Gasteiger partial charge in [0.05, 0.1) is 42.1 Å². The highest BCUT2D eigenvalue weighted by Gasteiger charge is 2.17. The van der Waals surface area contributed by atoms with Crippen molar-refractivity contribution in [1.29, 1.82) is 0 Å². The van der Waals surface area contributed by atoms with Crippen LogP contribution in [0.1, 0.15) is 0 Å². The van der Waals surface area contributed by atoms with Gasteiger partial charge < -0.3 is 14.4 Å². The summed E-state index contributed by atoms with van der Waals surface area (Å²) in [5.74, 6) is 0.651. The van der Waals surface area contributed by atoms with Gasteiger partial charge in [0, 0.05) is 13.1 Å². The predicted octanol–water partition coefficient (Wildman–Crippen LogP) is 2.38. The Hall–Kier alpha value is -2.03. The van der Waals surface area contributed by atoms with Crippen LogP contribution in [0.4, 0.5) is 11.5 Å². The first kappa shape index (κ1) is 17.8. The number of aromatic nitrogens is 1. The normalized spacial score (nSPS) is 15.0. The Kier molecular flexibility index (Phi) is 5.31. The topological polar surface area (TPSA) is 80.8 Å².